The molecule has 5 heteroatoms. The van der Waals surface area contributed by atoms with Crippen molar-refractivity contribution >= 4 is 12.1 Å². The van der Waals surface area contributed by atoms with Crippen LogP contribution < -0.4 is 0 Å². The van der Waals surface area contributed by atoms with Crippen LogP contribution in [0.4, 0.5) is 4.79 Å². The highest BCUT2D eigenvalue weighted by Crippen LogP contribution is 2.05. The molecule has 0 aliphatic carbocycles. The van der Waals surface area contributed by atoms with Crippen LogP contribution in [-0.2, 0) is 27.5 Å². The molecule has 0 heterocycles. The summed E-state index contributed by atoms with van der Waals surface area (Å²) >= 11 is 0. The predicted octanol–water partition coefficient (Wildman–Crippen LogP) is 3.39. The zero-order chi connectivity index (χ0) is 17.2. The highest BCUT2D eigenvalue weighted by atomic mass is 16.6. The number of ether oxygens (including phenoxy) is 2. The van der Waals surface area contributed by atoms with Crippen LogP contribution in [0, 0.1) is 0 Å². The molecule has 0 saturated heterocycles. The van der Waals surface area contributed by atoms with Gasteiger partial charge in [0.05, 0.1) is 0 Å². The average molecular weight is 327 g/mol. The third-order valence-corrected chi connectivity index (χ3v) is 3.41. The molecule has 0 bridgehead atoms. The van der Waals surface area contributed by atoms with E-state index >= 15 is 0 Å². The number of esters is 1. The average Bonchev–Trinajstić information content (AvgIpc) is 2.64. The number of hydrogen-bond acceptors (Lipinski definition) is 4. The number of amides is 1. The second-order valence-corrected chi connectivity index (χ2v) is 5.20. The summed E-state index contributed by atoms with van der Waals surface area (Å²) in [5.41, 5.74) is 1.80. The smallest absolute Gasteiger partial charge is 0.410 e. The monoisotopic (exact) mass is 327 g/mol. The van der Waals surface area contributed by atoms with E-state index in [1.807, 2.05) is 60.7 Å². The minimum absolute atomic E-state index is 0.128. The van der Waals surface area contributed by atoms with Crippen LogP contribution in [0.2, 0.25) is 0 Å². The third-order valence-electron chi connectivity index (χ3n) is 3.41. The van der Waals surface area contributed by atoms with Gasteiger partial charge in [0.15, 0.2) is 0 Å². The maximum Gasteiger partial charge on any atom is 0.410 e. The molecule has 0 spiro atoms. The lowest BCUT2D eigenvalue weighted by molar-refractivity contribution is -0.145. The molecule has 0 aromatic heterocycles. The molecule has 2 aromatic rings. The molecule has 0 atom stereocenters. The van der Waals surface area contributed by atoms with Gasteiger partial charge in [-0.25, -0.2) is 4.79 Å². The number of nitrogens with zero attached hydrogens (tertiary/aromatic N) is 1. The fraction of sp³-hybridized carbons (Fsp3) is 0.263. The van der Waals surface area contributed by atoms with Gasteiger partial charge in [0.1, 0.15) is 19.8 Å². The molecule has 0 fully saturated rings. The lowest BCUT2D eigenvalue weighted by atomic mass is 10.2. The van der Waals surface area contributed by atoms with E-state index < -0.39 is 12.1 Å². The van der Waals surface area contributed by atoms with E-state index in [0.717, 1.165) is 11.1 Å². The molecule has 126 valence electrons. The van der Waals surface area contributed by atoms with Crippen LogP contribution in [0.3, 0.4) is 0 Å². The number of benzene rings is 2. The third kappa shape index (κ3) is 5.76. The van der Waals surface area contributed by atoms with Gasteiger partial charge in [-0.3, -0.25) is 9.69 Å². The van der Waals surface area contributed by atoms with Crippen molar-refractivity contribution in [2.24, 2.45) is 0 Å². The summed E-state index contributed by atoms with van der Waals surface area (Å²) in [7, 11) is 0. The normalized spacial score (nSPS) is 10.0. The van der Waals surface area contributed by atoms with Gasteiger partial charge in [-0.1, -0.05) is 60.7 Å². The number of carbonyl (C=O) groups excluding carboxylic acids is 2. The van der Waals surface area contributed by atoms with Crippen molar-refractivity contribution in [3.8, 4) is 0 Å². The van der Waals surface area contributed by atoms with Gasteiger partial charge in [-0.2, -0.15) is 0 Å². The maximum absolute atomic E-state index is 12.1. The summed E-state index contributed by atoms with van der Waals surface area (Å²) in [6, 6.07) is 18.8. The highest BCUT2D eigenvalue weighted by molar-refractivity contribution is 5.78. The van der Waals surface area contributed by atoms with Crippen molar-refractivity contribution in [1.29, 1.82) is 0 Å². The van der Waals surface area contributed by atoms with E-state index in [0.29, 0.717) is 6.54 Å². The summed E-state index contributed by atoms with van der Waals surface area (Å²) in [6.07, 6.45) is -0.530. The Balaban J connectivity index is 1.77. The highest BCUT2D eigenvalue weighted by Gasteiger charge is 2.17. The van der Waals surface area contributed by atoms with Crippen molar-refractivity contribution < 1.29 is 19.1 Å². The topological polar surface area (TPSA) is 55.8 Å². The Morgan fingerprint density at radius 3 is 1.83 bits per heavy atom. The zero-order valence-corrected chi connectivity index (χ0v) is 13.7. The molecule has 2 rings (SSSR count). The largest absolute Gasteiger partial charge is 0.459 e. The lowest BCUT2D eigenvalue weighted by Gasteiger charge is -2.19. The second-order valence-electron chi connectivity index (χ2n) is 5.20. The van der Waals surface area contributed by atoms with Gasteiger partial charge in [-0.15, -0.1) is 0 Å². The Labute approximate surface area is 141 Å². The quantitative estimate of drug-likeness (QED) is 0.732. The van der Waals surface area contributed by atoms with Gasteiger partial charge in [0.2, 0.25) is 0 Å². The van der Waals surface area contributed by atoms with Crippen LogP contribution >= 0.6 is 0 Å². The molecule has 0 aliphatic heterocycles. The first kappa shape index (κ1) is 17.5. The Hall–Kier alpha value is -2.82. The van der Waals surface area contributed by atoms with E-state index in [1.54, 1.807) is 6.92 Å². The standard InChI is InChI=1S/C19H21NO4/c1-2-20(19(22)24-15-17-11-7-4-8-12-17)13-18(21)23-14-16-9-5-3-6-10-16/h3-12H,2,13-15H2,1H3. The summed E-state index contributed by atoms with van der Waals surface area (Å²) in [5.74, 6) is -0.461. The summed E-state index contributed by atoms with van der Waals surface area (Å²) < 4.78 is 10.4. The first-order chi connectivity index (χ1) is 11.7. The minimum Gasteiger partial charge on any atom is -0.459 e. The Morgan fingerprint density at radius 2 is 1.33 bits per heavy atom. The molecule has 0 N–H and O–H groups in total. The van der Waals surface area contributed by atoms with Gasteiger partial charge in [-0.05, 0) is 18.1 Å². The zero-order valence-electron chi connectivity index (χ0n) is 13.7. The fourth-order valence-electron chi connectivity index (χ4n) is 2.06. The van der Waals surface area contributed by atoms with Gasteiger partial charge >= 0.3 is 12.1 Å². The molecule has 0 unspecified atom stereocenters. The first-order valence-electron chi connectivity index (χ1n) is 7.84. The van der Waals surface area contributed by atoms with Crippen molar-refractivity contribution in [2.45, 2.75) is 20.1 Å². The Kier molecular flexibility index (Phi) is 6.83. The first-order valence-corrected chi connectivity index (χ1v) is 7.84. The summed E-state index contributed by atoms with van der Waals surface area (Å²) in [4.78, 5) is 25.3. The number of carbonyl (C=O) groups is 2. The van der Waals surface area contributed by atoms with E-state index in [-0.39, 0.29) is 19.8 Å². The van der Waals surface area contributed by atoms with E-state index in [9.17, 15) is 9.59 Å². The molecular formula is C19H21NO4. The van der Waals surface area contributed by atoms with Crippen LogP contribution in [0.15, 0.2) is 60.7 Å². The predicted molar refractivity (Wildman–Crippen MR) is 90.1 cm³/mol. The van der Waals surface area contributed by atoms with Crippen molar-refractivity contribution in [3.05, 3.63) is 71.8 Å². The van der Waals surface area contributed by atoms with Crippen LogP contribution in [0.25, 0.3) is 0 Å². The molecule has 0 radical (unpaired) electrons. The van der Waals surface area contributed by atoms with E-state index in [4.69, 9.17) is 9.47 Å². The van der Waals surface area contributed by atoms with Crippen LogP contribution in [0.5, 0.6) is 0 Å². The number of rotatable bonds is 7. The van der Waals surface area contributed by atoms with Gasteiger partial charge < -0.3 is 9.47 Å². The second kappa shape index (κ2) is 9.35. The molecular weight excluding hydrogens is 306 g/mol. The molecule has 2 aromatic carbocycles. The number of hydrogen-bond donors (Lipinski definition) is 0. The van der Waals surface area contributed by atoms with Crippen molar-refractivity contribution in [1.82, 2.24) is 4.90 Å². The van der Waals surface area contributed by atoms with Crippen LogP contribution in [0.1, 0.15) is 18.1 Å². The van der Waals surface area contributed by atoms with Crippen molar-refractivity contribution in [2.75, 3.05) is 13.1 Å². The van der Waals surface area contributed by atoms with E-state index in [2.05, 4.69) is 0 Å². The van der Waals surface area contributed by atoms with E-state index in [1.165, 1.54) is 4.90 Å². The van der Waals surface area contributed by atoms with Crippen molar-refractivity contribution in [3.63, 3.8) is 0 Å². The maximum atomic E-state index is 12.1. The Bertz CT molecular complexity index is 643. The SMILES string of the molecule is CCN(CC(=O)OCc1ccccc1)C(=O)OCc1ccccc1. The minimum atomic E-state index is -0.530. The number of likely N-dealkylation sites (N-methyl/N-ethyl adjacent to an activating group) is 1. The molecule has 24 heavy (non-hydrogen) atoms. The van der Waals surface area contributed by atoms with Gasteiger partial charge in [0, 0.05) is 6.54 Å². The summed E-state index contributed by atoms with van der Waals surface area (Å²) in [6.45, 7) is 2.39. The summed E-state index contributed by atoms with van der Waals surface area (Å²) in [5, 5.41) is 0. The molecule has 1 amide bonds. The molecule has 0 saturated carbocycles. The molecule has 5 nitrogen and oxygen atoms in total. The molecule has 0 aliphatic rings. The Morgan fingerprint density at radius 1 is 0.833 bits per heavy atom. The van der Waals surface area contributed by atoms with Crippen LogP contribution in [-0.4, -0.2) is 30.1 Å². The lowest BCUT2D eigenvalue weighted by Crippen LogP contribution is -2.36. The van der Waals surface area contributed by atoms with Gasteiger partial charge in [0.25, 0.3) is 0 Å². The fourth-order valence-corrected chi connectivity index (χ4v) is 2.06.